The third kappa shape index (κ3) is 5.00. The van der Waals surface area contributed by atoms with Gasteiger partial charge in [-0.3, -0.25) is 9.67 Å². The van der Waals surface area contributed by atoms with Crippen LogP contribution in [-0.4, -0.2) is 34.9 Å². The van der Waals surface area contributed by atoms with E-state index < -0.39 is 0 Å². The maximum Gasteiger partial charge on any atom is 0.191 e. The summed E-state index contributed by atoms with van der Waals surface area (Å²) in [5.41, 5.74) is 3.67. The van der Waals surface area contributed by atoms with Crippen molar-refractivity contribution in [1.82, 2.24) is 20.4 Å². The van der Waals surface area contributed by atoms with Crippen molar-refractivity contribution in [2.45, 2.75) is 46.1 Å². The van der Waals surface area contributed by atoms with Crippen LogP contribution in [0.3, 0.4) is 0 Å². The third-order valence-electron chi connectivity index (χ3n) is 3.98. The van der Waals surface area contributed by atoms with E-state index in [4.69, 9.17) is 4.99 Å². The van der Waals surface area contributed by atoms with Crippen molar-refractivity contribution in [2.24, 2.45) is 12.0 Å². The van der Waals surface area contributed by atoms with E-state index >= 15 is 0 Å². The monoisotopic (exact) mass is 417 g/mol. The molecular weight excluding hydrogens is 389 g/mol. The number of aromatic nitrogens is 2. The van der Waals surface area contributed by atoms with Crippen molar-refractivity contribution in [1.29, 1.82) is 0 Å². The van der Waals surface area contributed by atoms with Gasteiger partial charge < -0.3 is 10.6 Å². The smallest absolute Gasteiger partial charge is 0.191 e. The van der Waals surface area contributed by atoms with E-state index in [1.54, 1.807) is 0 Å². The highest BCUT2D eigenvalue weighted by Gasteiger charge is 2.12. The lowest BCUT2D eigenvalue weighted by molar-refractivity contribution is 0.633. The van der Waals surface area contributed by atoms with Crippen molar-refractivity contribution < 1.29 is 0 Å². The molecule has 2 N–H and O–H groups in total. The molecule has 22 heavy (non-hydrogen) atoms. The minimum absolute atomic E-state index is 0. The molecule has 5 nitrogen and oxygen atoms in total. The van der Waals surface area contributed by atoms with E-state index in [9.17, 15) is 0 Å². The van der Waals surface area contributed by atoms with Crippen molar-refractivity contribution in [3.8, 4) is 0 Å². The maximum absolute atomic E-state index is 4.69. The maximum atomic E-state index is 4.69. The van der Waals surface area contributed by atoms with Crippen LogP contribution in [0, 0.1) is 13.8 Å². The lowest BCUT2D eigenvalue weighted by Crippen LogP contribution is -2.42. The van der Waals surface area contributed by atoms with Gasteiger partial charge in [-0.2, -0.15) is 5.10 Å². The Bertz CT molecular complexity index is 525. The molecule has 0 aliphatic heterocycles. The Morgan fingerprint density at radius 2 is 2.05 bits per heavy atom. The largest absolute Gasteiger partial charge is 0.357 e. The Hall–Kier alpha value is -1.05. The topological polar surface area (TPSA) is 54.2 Å². The molecular formula is C16H28IN5. The lowest BCUT2D eigenvalue weighted by atomic mass is 10.1. The van der Waals surface area contributed by atoms with Gasteiger partial charge in [0.25, 0.3) is 0 Å². The minimum Gasteiger partial charge on any atom is -0.357 e. The molecule has 0 amide bonds. The molecule has 1 heterocycles. The van der Waals surface area contributed by atoms with Gasteiger partial charge in [0, 0.05) is 31.9 Å². The van der Waals surface area contributed by atoms with E-state index in [1.807, 2.05) is 11.7 Å². The van der Waals surface area contributed by atoms with E-state index in [1.165, 1.54) is 11.3 Å². The van der Waals surface area contributed by atoms with Crippen LogP contribution in [0.4, 0.5) is 0 Å². The Morgan fingerprint density at radius 3 is 2.59 bits per heavy atom. The molecule has 1 aliphatic carbocycles. The zero-order chi connectivity index (χ0) is 15.2. The first-order valence-corrected chi connectivity index (χ1v) is 7.80. The number of hydrogen-bond donors (Lipinski definition) is 2. The summed E-state index contributed by atoms with van der Waals surface area (Å²) >= 11 is 0. The molecule has 0 radical (unpaired) electrons. The van der Waals surface area contributed by atoms with E-state index in [-0.39, 0.29) is 24.0 Å². The van der Waals surface area contributed by atoms with E-state index in [0.29, 0.717) is 6.04 Å². The number of rotatable bonds is 5. The number of aliphatic imine (C=N–C) groups is 1. The fourth-order valence-electron chi connectivity index (χ4n) is 2.71. The van der Waals surface area contributed by atoms with Crippen molar-refractivity contribution in [3.63, 3.8) is 0 Å². The first-order chi connectivity index (χ1) is 10.1. The second-order valence-electron chi connectivity index (χ2n) is 5.57. The van der Waals surface area contributed by atoms with Gasteiger partial charge >= 0.3 is 0 Å². The Morgan fingerprint density at radius 1 is 1.36 bits per heavy atom. The van der Waals surface area contributed by atoms with Gasteiger partial charge in [-0.1, -0.05) is 12.2 Å². The summed E-state index contributed by atoms with van der Waals surface area (Å²) in [6.45, 7) is 7.95. The van der Waals surface area contributed by atoms with Crippen LogP contribution in [0.1, 0.15) is 36.7 Å². The molecule has 0 fully saturated rings. The second-order valence-corrected chi connectivity index (χ2v) is 5.57. The summed E-state index contributed by atoms with van der Waals surface area (Å²) in [5, 5.41) is 11.3. The quantitative estimate of drug-likeness (QED) is 0.335. The van der Waals surface area contributed by atoms with Crippen LogP contribution in [0.25, 0.3) is 0 Å². The van der Waals surface area contributed by atoms with E-state index in [0.717, 1.165) is 44.0 Å². The van der Waals surface area contributed by atoms with Crippen molar-refractivity contribution in [2.75, 3.05) is 13.1 Å². The fourth-order valence-corrected chi connectivity index (χ4v) is 2.71. The van der Waals surface area contributed by atoms with Crippen molar-refractivity contribution in [3.05, 3.63) is 29.1 Å². The summed E-state index contributed by atoms with van der Waals surface area (Å²) in [7, 11) is 1.99. The van der Waals surface area contributed by atoms with Gasteiger partial charge in [-0.15, -0.1) is 24.0 Å². The van der Waals surface area contributed by atoms with Gasteiger partial charge in [0.2, 0.25) is 0 Å². The standard InChI is InChI=1S/C16H27N5.HI/c1-5-17-16(19-14-8-6-7-9-14)18-11-10-15-12(2)20-21(4)13(15)3;/h6-7,14H,5,8-11H2,1-4H3,(H2,17,18,19);1H. The Labute approximate surface area is 150 Å². The van der Waals surface area contributed by atoms with Gasteiger partial charge in [0.15, 0.2) is 5.96 Å². The molecule has 6 heteroatoms. The number of aryl methyl sites for hydroxylation is 2. The zero-order valence-corrected chi connectivity index (χ0v) is 16.3. The molecule has 1 aromatic rings. The predicted molar refractivity (Wildman–Crippen MR) is 103 cm³/mol. The Kier molecular flexibility index (Phi) is 7.92. The summed E-state index contributed by atoms with van der Waals surface area (Å²) < 4.78 is 1.95. The molecule has 2 rings (SSSR count). The second kappa shape index (κ2) is 9.17. The van der Waals surface area contributed by atoms with Crippen LogP contribution in [0.5, 0.6) is 0 Å². The summed E-state index contributed by atoms with van der Waals surface area (Å²) in [6, 6.07) is 0.490. The molecule has 0 saturated carbocycles. The predicted octanol–water partition coefficient (Wildman–Crippen LogP) is 2.47. The number of nitrogens with zero attached hydrogens (tertiary/aromatic N) is 3. The highest BCUT2D eigenvalue weighted by Crippen LogP contribution is 2.12. The van der Waals surface area contributed by atoms with Gasteiger partial charge in [0.1, 0.15) is 0 Å². The molecule has 0 atom stereocenters. The van der Waals surface area contributed by atoms with Gasteiger partial charge in [0.05, 0.1) is 5.69 Å². The first-order valence-electron chi connectivity index (χ1n) is 7.80. The molecule has 0 unspecified atom stereocenters. The molecule has 124 valence electrons. The molecule has 0 bridgehead atoms. The van der Waals surface area contributed by atoms with Crippen molar-refractivity contribution >= 4 is 29.9 Å². The molecule has 1 aromatic heterocycles. The van der Waals surface area contributed by atoms with Crippen LogP contribution in [-0.2, 0) is 13.5 Å². The number of nitrogens with one attached hydrogen (secondary N) is 2. The highest BCUT2D eigenvalue weighted by atomic mass is 127. The fraction of sp³-hybridized carbons (Fsp3) is 0.625. The summed E-state index contributed by atoms with van der Waals surface area (Å²) in [4.78, 5) is 4.69. The van der Waals surface area contributed by atoms with Gasteiger partial charge in [-0.25, -0.2) is 0 Å². The normalized spacial score (nSPS) is 15.0. The molecule has 0 saturated heterocycles. The first kappa shape index (κ1) is 19.0. The zero-order valence-electron chi connectivity index (χ0n) is 14.0. The van der Waals surface area contributed by atoms with Crippen LogP contribution >= 0.6 is 24.0 Å². The minimum atomic E-state index is 0. The average Bonchev–Trinajstić information content (AvgIpc) is 3.02. The summed E-state index contributed by atoms with van der Waals surface area (Å²) in [6.07, 6.45) is 7.56. The van der Waals surface area contributed by atoms with Crippen LogP contribution < -0.4 is 10.6 Å². The van der Waals surface area contributed by atoms with Gasteiger partial charge in [-0.05, 0) is 45.6 Å². The average molecular weight is 417 g/mol. The Balaban J connectivity index is 0.00000242. The summed E-state index contributed by atoms with van der Waals surface area (Å²) in [5.74, 6) is 0.922. The van der Waals surface area contributed by atoms with E-state index in [2.05, 4.69) is 48.7 Å². The lowest BCUT2D eigenvalue weighted by Gasteiger charge is -2.16. The number of halogens is 1. The number of hydrogen-bond acceptors (Lipinski definition) is 2. The molecule has 0 aromatic carbocycles. The SMILES string of the molecule is CCNC(=NCCc1c(C)nn(C)c1C)NC1CC=CC1.I. The number of guanidine groups is 1. The molecule has 0 spiro atoms. The third-order valence-corrected chi connectivity index (χ3v) is 3.98. The van der Waals surface area contributed by atoms with Crippen LogP contribution in [0.2, 0.25) is 0 Å². The van der Waals surface area contributed by atoms with Crippen LogP contribution in [0.15, 0.2) is 17.1 Å². The highest BCUT2D eigenvalue weighted by molar-refractivity contribution is 14.0. The molecule has 1 aliphatic rings.